The van der Waals surface area contributed by atoms with E-state index in [9.17, 15) is 0 Å². The number of nitrogens with two attached hydrogens (primary N) is 1. The Balaban J connectivity index is 2.50. The topological polar surface area (TPSA) is 52.0 Å². The van der Waals surface area contributed by atoms with E-state index in [4.69, 9.17) is 21.9 Å². The molecule has 0 radical (unpaired) electrons. The predicted octanol–water partition coefficient (Wildman–Crippen LogP) is 4.34. The fourth-order valence-electron chi connectivity index (χ4n) is 1.84. The fraction of sp³-hybridized carbons (Fsp3) is 0.357. The van der Waals surface area contributed by atoms with Crippen LogP contribution in [0.5, 0.6) is 0 Å². The van der Waals surface area contributed by atoms with Crippen molar-refractivity contribution in [2.75, 3.05) is 5.73 Å². The second kappa shape index (κ2) is 5.02. The summed E-state index contributed by atoms with van der Waals surface area (Å²) in [5.41, 5.74) is 7.78. The van der Waals surface area contributed by atoms with Gasteiger partial charge in [0.2, 0.25) is 0 Å². The number of nitrogens with zero attached hydrogens (tertiary/aromatic N) is 1. The average molecular weight is 265 g/mol. The predicted molar refractivity (Wildman–Crippen MR) is 74.6 cm³/mol. The van der Waals surface area contributed by atoms with E-state index < -0.39 is 0 Å². The van der Waals surface area contributed by atoms with Crippen molar-refractivity contribution >= 4 is 17.4 Å². The van der Waals surface area contributed by atoms with Crippen LogP contribution in [0.25, 0.3) is 11.1 Å². The number of aromatic nitrogens is 1. The zero-order valence-corrected chi connectivity index (χ0v) is 11.5. The summed E-state index contributed by atoms with van der Waals surface area (Å²) in [6.07, 6.45) is 0. The van der Waals surface area contributed by atoms with Crippen LogP contribution in [0.4, 0.5) is 5.82 Å². The van der Waals surface area contributed by atoms with Crippen LogP contribution in [-0.4, -0.2) is 5.16 Å². The van der Waals surface area contributed by atoms with Gasteiger partial charge in [0.1, 0.15) is 5.76 Å². The van der Waals surface area contributed by atoms with Crippen molar-refractivity contribution in [2.45, 2.75) is 26.7 Å². The Morgan fingerprint density at radius 1 is 1.17 bits per heavy atom. The molecule has 96 valence electrons. The lowest BCUT2D eigenvalue weighted by atomic mass is 9.91. The normalized spacial score (nSPS) is 12.9. The van der Waals surface area contributed by atoms with Crippen LogP contribution in [-0.2, 0) is 0 Å². The van der Waals surface area contributed by atoms with Crippen LogP contribution in [0, 0.1) is 5.92 Å². The molecule has 0 bridgehead atoms. The first-order chi connectivity index (χ1) is 8.50. The molecule has 1 atom stereocenters. The second-order valence-electron chi connectivity index (χ2n) is 4.85. The van der Waals surface area contributed by atoms with Crippen molar-refractivity contribution in [3.8, 4) is 11.1 Å². The number of hydrogen-bond donors (Lipinski definition) is 1. The van der Waals surface area contributed by atoms with E-state index >= 15 is 0 Å². The molecule has 18 heavy (non-hydrogen) atoms. The van der Waals surface area contributed by atoms with E-state index in [2.05, 4.69) is 25.9 Å². The molecule has 2 N–H and O–H groups in total. The van der Waals surface area contributed by atoms with E-state index in [-0.39, 0.29) is 5.92 Å². The highest BCUT2D eigenvalue weighted by Crippen LogP contribution is 2.37. The summed E-state index contributed by atoms with van der Waals surface area (Å²) in [7, 11) is 0. The van der Waals surface area contributed by atoms with E-state index in [1.807, 2.05) is 24.3 Å². The van der Waals surface area contributed by atoms with Gasteiger partial charge >= 0.3 is 0 Å². The van der Waals surface area contributed by atoms with Gasteiger partial charge in [-0.2, -0.15) is 0 Å². The van der Waals surface area contributed by atoms with Gasteiger partial charge in [0.25, 0.3) is 0 Å². The van der Waals surface area contributed by atoms with E-state index in [0.717, 1.165) is 16.9 Å². The van der Waals surface area contributed by atoms with Crippen LogP contribution < -0.4 is 5.73 Å². The zero-order valence-electron chi connectivity index (χ0n) is 10.8. The number of rotatable bonds is 3. The zero-order chi connectivity index (χ0) is 13.3. The number of benzene rings is 1. The summed E-state index contributed by atoms with van der Waals surface area (Å²) >= 11 is 5.90. The molecular formula is C14H17ClN2O. The van der Waals surface area contributed by atoms with Crippen LogP contribution in [0.15, 0.2) is 28.8 Å². The van der Waals surface area contributed by atoms with E-state index in [1.165, 1.54) is 0 Å². The Labute approximate surface area is 112 Å². The molecule has 0 saturated heterocycles. The van der Waals surface area contributed by atoms with Gasteiger partial charge in [0.05, 0.1) is 5.56 Å². The lowest BCUT2D eigenvalue weighted by Gasteiger charge is -2.13. The van der Waals surface area contributed by atoms with Crippen LogP contribution in [0.1, 0.15) is 32.4 Å². The largest absolute Gasteiger partial charge is 0.380 e. The summed E-state index contributed by atoms with van der Waals surface area (Å²) in [6, 6.07) is 7.55. The molecule has 0 aliphatic carbocycles. The first kappa shape index (κ1) is 13.0. The van der Waals surface area contributed by atoms with Crippen LogP contribution in [0.3, 0.4) is 0 Å². The Morgan fingerprint density at radius 2 is 1.78 bits per heavy atom. The fourth-order valence-corrected chi connectivity index (χ4v) is 1.96. The average Bonchev–Trinajstić information content (AvgIpc) is 2.71. The Morgan fingerprint density at radius 3 is 2.33 bits per heavy atom. The highest BCUT2D eigenvalue weighted by molar-refractivity contribution is 6.30. The van der Waals surface area contributed by atoms with Gasteiger partial charge in [0, 0.05) is 10.9 Å². The second-order valence-corrected chi connectivity index (χ2v) is 5.28. The molecule has 1 aromatic carbocycles. The molecule has 0 aliphatic heterocycles. The third kappa shape index (κ3) is 2.36. The van der Waals surface area contributed by atoms with Crippen LogP contribution in [0.2, 0.25) is 5.02 Å². The van der Waals surface area contributed by atoms with Gasteiger partial charge in [-0.3, -0.25) is 0 Å². The molecule has 3 nitrogen and oxygen atoms in total. The molecule has 0 saturated carbocycles. The molecule has 1 heterocycles. The van der Waals surface area contributed by atoms with E-state index in [0.29, 0.717) is 16.8 Å². The molecule has 0 spiro atoms. The summed E-state index contributed by atoms with van der Waals surface area (Å²) in [6.45, 7) is 6.41. The summed E-state index contributed by atoms with van der Waals surface area (Å²) < 4.78 is 5.40. The number of halogens is 1. The maximum absolute atomic E-state index is 5.91. The van der Waals surface area contributed by atoms with Crippen molar-refractivity contribution in [1.29, 1.82) is 0 Å². The minimum Gasteiger partial charge on any atom is -0.380 e. The Bertz CT molecular complexity index is 531. The van der Waals surface area contributed by atoms with Gasteiger partial charge in [-0.15, -0.1) is 0 Å². The van der Waals surface area contributed by atoms with Crippen molar-refractivity contribution in [3.05, 3.63) is 35.0 Å². The van der Waals surface area contributed by atoms with Gasteiger partial charge in [-0.05, 0) is 23.6 Å². The van der Waals surface area contributed by atoms with Gasteiger partial charge in [-0.1, -0.05) is 49.7 Å². The Hall–Kier alpha value is -1.48. The molecule has 2 rings (SSSR count). The highest BCUT2D eigenvalue weighted by atomic mass is 35.5. The monoisotopic (exact) mass is 264 g/mol. The van der Waals surface area contributed by atoms with Crippen molar-refractivity contribution in [2.24, 2.45) is 5.92 Å². The highest BCUT2D eigenvalue weighted by Gasteiger charge is 2.23. The molecule has 0 aliphatic rings. The Kier molecular flexibility index (Phi) is 3.62. The van der Waals surface area contributed by atoms with Crippen molar-refractivity contribution in [3.63, 3.8) is 0 Å². The quantitative estimate of drug-likeness (QED) is 0.897. The summed E-state index contributed by atoms with van der Waals surface area (Å²) in [5.74, 6) is 1.99. The molecular weight excluding hydrogens is 248 g/mol. The third-order valence-electron chi connectivity index (χ3n) is 3.29. The number of anilines is 1. The molecule has 0 fully saturated rings. The number of nitrogen functional groups attached to an aromatic ring is 1. The first-order valence-corrected chi connectivity index (χ1v) is 6.39. The molecule has 1 aromatic heterocycles. The molecule has 0 amide bonds. The lowest BCUT2D eigenvalue weighted by Crippen LogP contribution is -2.02. The maximum Gasteiger partial charge on any atom is 0.175 e. The minimum absolute atomic E-state index is 0.264. The standard InChI is InChI=1S/C14H17ClN2O/c1-8(2)9(3)13-12(14(16)17-18-13)10-4-6-11(15)7-5-10/h4-9H,1-3H3,(H2,16,17). The van der Waals surface area contributed by atoms with Gasteiger partial charge in [-0.25, -0.2) is 0 Å². The lowest BCUT2D eigenvalue weighted by molar-refractivity contribution is 0.341. The van der Waals surface area contributed by atoms with Crippen LogP contribution >= 0.6 is 11.6 Å². The molecule has 2 aromatic rings. The van der Waals surface area contributed by atoms with Crippen molar-refractivity contribution < 1.29 is 4.52 Å². The first-order valence-electron chi connectivity index (χ1n) is 6.01. The summed E-state index contributed by atoms with van der Waals surface area (Å²) in [5, 5.41) is 4.59. The number of hydrogen-bond acceptors (Lipinski definition) is 3. The van der Waals surface area contributed by atoms with Gasteiger partial charge < -0.3 is 10.3 Å². The minimum atomic E-state index is 0.264. The molecule has 1 unspecified atom stereocenters. The van der Waals surface area contributed by atoms with Gasteiger partial charge in [0.15, 0.2) is 5.82 Å². The maximum atomic E-state index is 5.91. The van der Waals surface area contributed by atoms with E-state index in [1.54, 1.807) is 0 Å². The SMILES string of the molecule is CC(C)C(C)c1onc(N)c1-c1ccc(Cl)cc1. The summed E-state index contributed by atoms with van der Waals surface area (Å²) in [4.78, 5) is 0. The smallest absolute Gasteiger partial charge is 0.175 e. The van der Waals surface area contributed by atoms with Crippen molar-refractivity contribution in [1.82, 2.24) is 5.16 Å². The third-order valence-corrected chi connectivity index (χ3v) is 3.54. The molecule has 4 heteroatoms.